The Balaban J connectivity index is 2.40. The lowest BCUT2D eigenvalue weighted by Crippen LogP contribution is -2.28. The summed E-state index contributed by atoms with van der Waals surface area (Å²) in [7, 11) is -4.91. The largest absolute Gasteiger partial charge is 0.504 e. The second kappa shape index (κ2) is 6.71. The van der Waals surface area contributed by atoms with Gasteiger partial charge in [0.15, 0.2) is 15.6 Å². The molecule has 1 aliphatic heterocycles. The van der Waals surface area contributed by atoms with Gasteiger partial charge in [0.2, 0.25) is 0 Å². The van der Waals surface area contributed by atoms with Crippen LogP contribution in [-0.2, 0) is 9.84 Å². The van der Waals surface area contributed by atoms with E-state index in [0.717, 1.165) is 18.5 Å². The van der Waals surface area contributed by atoms with Gasteiger partial charge in [-0.25, -0.2) is 17.8 Å². The number of hydrogen-bond acceptors (Lipinski definition) is 5. The van der Waals surface area contributed by atoms with Crippen LogP contribution in [0.25, 0.3) is 10.7 Å². The highest BCUT2D eigenvalue weighted by Crippen LogP contribution is 2.49. The van der Waals surface area contributed by atoms with Gasteiger partial charge in [0.25, 0.3) is 0 Å². The zero-order valence-corrected chi connectivity index (χ0v) is 16.1. The molecule has 0 amide bonds. The third-order valence-electron chi connectivity index (χ3n) is 3.82. The molecule has 12 heteroatoms. The number of aromatic nitrogens is 2. The van der Waals surface area contributed by atoms with E-state index >= 15 is 0 Å². The van der Waals surface area contributed by atoms with Crippen LogP contribution in [0.5, 0.6) is 0 Å². The Morgan fingerprint density at radius 1 is 1.22 bits per heavy atom. The Kier molecular flexibility index (Phi) is 4.98. The highest BCUT2D eigenvalue weighted by molar-refractivity contribution is 9.10. The van der Waals surface area contributed by atoms with Crippen LogP contribution in [0.3, 0.4) is 0 Å². The molecule has 1 aliphatic rings. The van der Waals surface area contributed by atoms with E-state index in [1.807, 2.05) is 0 Å². The fourth-order valence-corrected chi connectivity index (χ4v) is 5.35. The highest BCUT2D eigenvalue weighted by Gasteiger charge is 2.49. The first kappa shape index (κ1) is 20.0. The zero-order chi connectivity index (χ0) is 20.1. The van der Waals surface area contributed by atoms with Crippen molar-refractivity contribution in [2.75, 3.05) is 0 Å². The van der Waals surface area contributed by atoms with Crippen molar-refractivity contribution in [3.63, 3.8) is 0 Å². The molecule has 144 valence electrons. The molecular formula is C15H8BrClF4N2O3S. The van der Waals surface area contributed by atoms with E-state index in [1.165, 1.54) is 6.07 Å². The molecule has 0 radical (unpaired) electrons. The smallest absolute Gasteiger partial charge is 0.390 e. The van der Waals surface area contributed by atoms with Crippen LogP contribution in [0.2, 0.25) is 5.02 Å². The summed E-state index contributed by atoms with van der Waals surface area (Å²) in [6.07, 6.45) is -4.59. The number of aliphatic hydroxyl groups is 1. The highest BCUT2D eigenvalue weighted by atomic mass is 79.9. The van der Waals surface area contributed by atoms with Crippen molar-refractivity contribution in [3.8, 4) is 0 Å². The van der Waals surface area contributed by atoms with Gasteiger partial charge in [-0.15, -0.1) is 0 Å². The summed E-state index contributed by atoms with van der Waals surface area (Å²) in [5.41, 5.74) is -1.79. The van der Waals surface area contributed by atoms with Crippen molar-refractivity contribution in [2.45, 2.75) is 17.8 Å². The van der Waals surface area contributed by atoms with Crippen LogP contribution in [0.1, 0.15) is 28.6 Å². The van der Waals surface area contributed by atoms with E-state index in [4.69, 9.17) is 11.6 Å². The normalized spacial score (nSPS) is 19.1. The van der Waals surface area contributed by atoms with Crippen LogP contribution in [0.15, 0.2) is 29.0 Å². The minimum absolute atomic E-state index is 0.0911. The van der Waals surface area contributed by atoms with Crippen LogP contribution in [0, 0.1) is 5.82 Å². The predicted molar refractivity (Wildman–Crippen MR) is 92.9 cm³/mol. The van der Waals surface area contributed by atoms with Crippen LogP contribution < -0.4 is 0 Å². The molecule has 27 heavy (non-hydrogen) atoms. The molecule has 0 spiro atoms. The molecule has 1 N–H and O–H groups in total. The molecule has 2 heterocycles. The first-order valence-electron chi connectivity index (χ1n) is 7.14. The molecule has 1 unspecified atom stereocenters. The number of nitrogens with zero attached hydrogens (tertiary/aromatic N) is 2. The Morgan fingerprint density at radius 2 is 1.85 bits per heavy atom. The molecule has 0 bridgehead atoms. The quantitative estimate of drug-likeness (QED) is 0.484. The number of fused-ring (bicyclic) bond motifs is 1. The lowest BCUT2D eigenvalue weighted by Gasteiger charge is -2.27. The molecule has 1 aromatic heterocycles. The molecule has 1 atom stereocenters. The maximum atomic E-state index is 14.4. The van der Waals surface area contributed by atoms with Gasteiger partial charge < -0.3 is 5.11 Å². The molecule has 2 aromatic rings. The third kappa shape index (κ3) is 3.43. The van der Waals surface area contributed by atoms with Crippen LogP contribution in [-0.4, -0.2) is 29.7 Å². The van der Waals surface area contributed by atoms with Gasteiger partial charge in [-0.2, -0.15) is 13.2 Å². The number of sulfone groups is 1. The Bertz CT molecular complexity index is 1070. The molecule has 0 saturated carbocycles. The summed E-state index contributed by atoms with van der Waals surface area (Å²) in [5.74, 6) is -2.15. The molecule has 3 rings (SSSR count). The molecular weight excluding hydrogens is 480 g/mol. The fourth-order valence-electron chi connectivity index (χ4n) is 2.71. The topological polar surface area (TPSA) is 80.2 Å². The summed E-state index contributed by atoms with van der Waals surface area (Å²) < 4.78 is 79.5. The van der Waals surface area contributed by atoms with Crippen molar-refractivity contribution in [1.82, 2.24) is 9.97 Å². The zero-order valence-electron chi connectivity index (χ0n) is 12.9. The number of halogens is 6. The minimum Gasteiger partial charge on any atom is -0.504 e. The van der Waals surface area contributed by atoms with Gasteiger partial charge in [0.1, 0.15) is 21.7 Å². The van der Waals surface area contributed by atoms with Crippen LogP contribution >= 0.6 is 27.5 Å². The second-order valence-electron chi connectivity index (χ2n) is 5.54. The van der Waals surface area contributed by atoms with Crippen LogP contribution in [0.4, 0.5) is 17.6 Å². The minimum atomic E-state index is -4.91. The van der Waals surface area contributed by atoms with Gasteiger partial charge in [0.05, 0.1) is 22.7 Å². The van der Waals surface area contributed by atoms with Crippen molar-refractivity contribution < 1.29 is 31.1 Å². The third-order valence-corrected chi connectivity index (χ3v) is 7.21. The standard InChI is InChI=1S/C15H8BrClF4N2O3S/c16-6-1-2-7(18)9(10(6)17)14-13(24)12-11(22-3-4-23-12)8(27(14,25)26)5-15(19,20)21/h1-4,8,24H,5H2. The monoisotopic (exact) mass is 486 g/mol. The van der Waals surface area contributed by atoms with E-state index in [9.17, 15) is 31.1 Å². The van der Waals surface area contributed by atoms with E-state index in [0.29, 0.717) is 0 Å². The van der Waals surface area contributed by atoms with E-state index in [2.05, 4.69) is 25.9 Å². The Hall–Kier alpha value is -1.72. The van der Waals surface area contributed by atoms with Gasteiger partial charge in [-0.3, -0.25) is 4.98 Å². The van der Waals surface area contributed by atoms with Gasteiger partial charge in [0, 0.05) is 16.9 Å². The van der Waals surface area contributed by atoms with Gasteiger partial charge >= 0.3 is 6.18 Å². The molecule has 0 aliphatic carbocycles. The van der Waals surface area contributed by atoms with Gasteiger partial charge in [-0.05, 0) is 28.1 Å². The summed E-state index contributed by atoms with van der Waals surface area (Å²) in [6, 6.07) is 2.06. The first-order chi connectivity index (χ1) is 12.4. The summed E-state index contributed by atoms with van der Waals surface area (Å²) in [5, 5.41) is 7.82. The number of hydrogen-bond donors (Lipinski definition) is 1. The van der Waals surface area contributed by atoms with Gasteiger partial charge in [-0.1, -0.05) is 11.6 Å². The molecule has 5 nitrogen and oxygen atoms in total. The number of rotatable bonds is 2. The Labute approximate surface area is 163 Å². The summed E-state index contributed by atoms with van der Waals surface area (Å²) in [6.45, 7) is 0. The van der Waals surface area contributed by atoms with Crippen molar-refractivity contribution >= 4 is 48.0 Å². The summed E-state index contributed by atoms with van der Waals surface area (Å²) in [4.78, 5) is 6.31. The lowest BCUT2D eigenvalue weighted by atomic mass is 10.1. The van der Waals surface area contributed by atoms with E-state index in [1.54, 1.807) is 0 Å². The average molecular weight is 488 g/mol. The fraction of sp³-hybridized carbons (Fsp3) is 0.200. The van der Waals surface area contributed by atoms with E-state index in [-0.39, 0.29) is 4.47 Å². The number of benzene rings is 1. The predicted octanol–water partition coefficient (Wildman–Crippen LogP) is 4.84. The molecule has 1 aromatic carbocycles. The Morgan fingerprint density at radius 3 is 2.48 bits per heavy atom. The van der Waals surface area contributed by atoms with Crippen molar-refractivity contribution in [3.05, 3.63) is 56.8 Å². The van der Waals surface area contributed by atoms with E-state index < -0.39 is 66.1 Å². The van der Waals surface area contributed by atoms with Crippen molar-refractivity contribution in [1.29, 1.82) is 0 Å². The summed E-state index contributed by atoms with van der Waals surface area (Å²) >= 11 is 8.97. The molecule has 0 saturated heterocycles. The number of alkyl halides is 3. The first-order valence-corrected chi connectivity index (χ1v) is 9.86. The maximum absolute atomic E-state index is 14.4. The number of aliphatic hydroxyl groups excluding tert-OH is 1. The SMILES string of the molecule is O=S1(=O)C(c2c(F)ccc(Br)c2Cl)=C(O)c2nccnc2C1CC(F)(F)F. The van der Waals surface area contributed by atoms with Crippen molar-refractivity contribution in [2.24, 2.45) is 0 Å². The average Bonchev–Trinajstić information content (AvgIpc) is 2.57. The lowest BCUT2D eigenvalue weighted by molar-refractivity contribution is -0.135. The molecule has 0 fully saturated rings. The maximum Gasteiger partial charge on any atom is 0.390 e. The second-order valence-corrected chi connectivity index (χ2v) is 8.84.